The summed E-state index contributed by atoms with van der Waals surface area (Å²) in [6, 6.07) is 14.1. The summed E-state index contributed by atoms with van der Waals surface area (Å²) in [5.74, 6) is 7.93. The van der Waals surface area contributed by atoms with Crippen molar-refractivity contribution in [3.05, 3.63) is 66.2 Å². The van der Waals surface area contributed by atoms with Gasteiger partial charge in [0.05, 0.1) is 11.8 Å². The molecule has 1 aliphatic rings. The highest BCUT2D eigenvalue weighted by Gasteiger charge is 2.24. The predicted octanol–water partition coefficient (Wildman–Crippen LogP) is 3.57. The monoisotopic (exact) mass is 375 g/mol. The van der Waals surface area contributed by atoms with Gasteiger partial charge in [-0.1, -0.05) is 25.1 Å². The Hall–Kier alpha value is -2.99. The van der Waals surface area contributed by atoms with Gasteiger partial charge < -0.3 is 4.74 Å². The minimum Gasteiger partial charge on any atom is -0.490 e. The van der Waals surface area contributed by atoms with Crippen molar-refractivity contribution >= 4 is 5.82 Å². The molecule has 144 valence electrons. The van der Waals surface area contributed by atoms with Crippen molar-refractivity contribution in [1.82, 2.24) is 15.0 Å². The maximum Gasteiger partial charge on any atom is 0.146 e. The SMILES string of the molecule is CCc1ccc(-c2cc(N(N)CCc3ccccc3OC3CC3)ncn2)cn1. The summed E-state index contributed by atoms with van der Waals surface area (Å²) in [5, 5.41) is 1.66. The van der Waals surface area contributed by atoms with Crippen molar-refractivity contribution in [2.75, 3.05) is 11.6 Å². The zero-order valence-corrected chi connectivity index (χ0v) is 16.1. The number of aryl methyl sites for hydroxylation is 1. The van der Waals surface area contributed by atoms with E-state index in [1.807, 2.05) is 42.6 Å². The van der Waals surface area contributed by atoms with Crippen LogP contribution >= 0.6 is 0 Å². The minimum atomic E-state index is 0.382. The number of hydrazine groups is 1. The zero-order valence-electron chi connectivity index (χ0n) is 16.1. The number of rotatable bonds is 8. The van der Waals surface area contributed by atoms with E-state index < -0.39 is 0 Å². The van der Waals surface area contributed by atoms with Gasteiger partial charge in [-0.15, -0.1) is 0 Å². The summed E-state index contributed by atoms with van der Waals surface area (Å²) in [6.45, 7) is 2.72. The van der Waals surface area contributed by atoms with Crippen molar-refractivity contribution in [1.29, 1.82) is 0 Å². The van der Waals surface area contributed by atoms with E-state index >= 15 is 0 Å². The molecular weight excluding hydrogens is 350 g/mol. The van der Waals surface area contributed by atoms with E-state index in [9.17, 15) is 0 Å². The van der Waals surface area contributed by atoms with Crippen LogP contribution in [-0.4, -0.2) is 27.6 Å². The van der Waals surface area contributed by atoms with E-state index in [0.717, 1.165) is 48.4 Å². The molecule has 1 fully saturated rings. The van der Waals surface area contributed by atoms with E-state index in [0.29, 0.717) is 18.5 Å². The van der Waals surface area contributed by atoms with Gasteiger partial charge >= 0.3 is 0 Å². The highest BCUT2D eigenvalue weighted by atomic mass is 16.5. The number of anilines is 1. The predicted molar refractivity (Wildman–Crippen MR) is 110 cm³/mol. The third-order valence-corrected chi connectivity index (χ3v) is 4.84. The van der Waals surface area contributed by atoms with E-state index in [-0.39, 0.29) is 0 Å². The molecule has 0 amide bonds. The number of ether oxygens (including phenoxy) is 1. The van der Waals surface area contributed by atoms with Crippen LogP contribution in [0.15, 0.2) is 55.0 Å². The van der Waals surface area contributed by atoms with Crippen LogP contribution in [0, 0.1) is 0 Å². The highest BCUT2D eigenvalue weighted by molar-refractivity contribution is 5.61. The molecule has 6 nitrogen and oxygen atoms in total. The lowest BCUT2D eigenvalue weighted by Gasteiger charge is -2.19. The molecule has 1 aromatic carbocycles. The Balaban J connectivity index is 1.44. The average Bonchev–Trinajstić information content (AvgIpc) is 3.57. The van der Waals surface area contributed by atoms with Crippen LogP contribution in [0.5, 0.6) is 5.75 Å². The van der Waals surface area contributed by atoms with E-state index in [2.05, 4.69) is 27.9 Å². The maximum absolute atomic E-state index is 6.29. The second kappa shape index (κ2) is 8.35. The molecule has 2 aromatic heterocycles. The number of nitrogens with two attached hydrogens (primary N) is 1. The third kappa shape index (κ3) is 4.46. The van der Waals surface area contributed by atoms with Crippen molar-refractivity contribution in [2.45, 2.75) is 38.7 Å². The van der Waals surface area contributed by atoms with E-state index in [1.165, 1.54) is 5.56 Å². The summed E-state index contributed by atoms with van der Waals surface area (Å²) < 4.78 is 6.00. The van der Waals surface area contributed by atoms with Crippen LogP contribution in [0.4, 0.5) is 5.82 Å². The smallest absolute Gasteiger partial charge is 0.146 e. The number of benzene rings is 1. The average molecular weight is 375 g/mol. The molecule has 0 radical (unpaired) electrons. The molecule has 28 heavy (non-hydrogen) atoms. The van der Waals surface area contributed by atoms with Crippen molar-refractivity contribution in [3.63, 3.8) is 0 Å². The molecule has 4 rings (SSSR count). The number of hydrogen-bond donors (Lipinski definition) is 1. The topological polar surface area (TPSA) is 77.2 Å². The standard InChI is InChI=1S/C22H25N5O/c1-2-18-8-7-17(14-24-18)20-13-22(26-15-25-20)27(23)12-11-16-5-3-4-6-21(16)28-19-9-10-19/h3-8,13-15,19H,2,9-12,23H2,1H3. The maximum atomic E-state index is 6.29. The van der Waals surface area contributed by atoms with Gasteiger partial charge in [0.25, 0.3) is 0 Å². The lowest BCUT2D eigenvalue weighted by atomic mass is 10.1. The number of para-hydroxylation sites is 1. The number of hydrogen-bond acceptors (Lipinski definition) is 6. The first kappa shape index (κ1) is 18.4. The first-order valence-electron chi connectivity index (χ1n) is 9.77. The van der Waals surface area contributed by atoms with Gasteiger partial charge in [0.2, 0.25) is 0 Å². The Morgan fingerprint density at radius 1 is 1.11 bits per heavy atom. The van der Waals surface area contributed by atoms with Crippen molar-refractivity contribution in [3.8, 4) is 17.0 Å². The van der Waals surface area contributed by atoms with Crippen molar-refractivity contribution in [2.24, 2.45) is 5.84 Å². The van der Waals surface area contributed by atoms with Crippen LogP contribution in [0.2, 0.25) is 0 Å². The lowest BCUT2D eigenvalue weighted by Crippen LogP contribution is -2.33. The lowest BCUT2D eigenvalue weighted by molar-refractivity contribution is 0.300. The number of pyridine rings is 1. The molecule has 0 spiro atoms. The fourth-order valence-electron chi connectivity index (χ4n) is 2.99. The second-order valence-electron chi connectivity index (χ2n) is 7.02. The molecule has 1 aliphatic carbocycles. The van der Waals surface area contributed by atoms with Gasteiger partial charge in [0.15, 0.2) is 0 Å². The molecule has 2 N–H and O–H groups in total. The Bertz CT molecular complexity index is 924. The van der Waals surface area contributed by atoms with Gasteiger partial charge in [0.1, 0.15) is 17.9 Å². The zero-order chi connectivity index (χ0) is 19.3. The van der Waals surface area contributed by atoms with Crippen LogP contribution in [0.3, 0.4) is 0 Å². The largest absolute Gasteiger partial charge is 0.490 e. The van der Waals surface area contributed by atoms with Crippen molar-refractivity contribution < 1.29 is 4.74 Å². The fraction of sp³-hybridized carbons (Fsp3) is 0.318. The molecular formula is C22H25N5O. The molecule has 0 saturated heterocycles. The minimum absolute atomic E-state index is 0.382. The number of nitrogens with zero attached hydrogens (tertiary/aromatic N) is 4. The van der Waals surface area contributed by atoms with Crippen LogP contribution in [0.1, 0.15) is 31.0 Å². The summed E-state index contributed by atoms with van der Waals surface area (Å²) >= 11 is 0. The quantitative estimate of drug-likeness (QED) is 0.479. The Kier molecular flexibility index (Phi) is 5.48. The Morgan fingerprint density at radius 3 is 2.71 bits per heavy atom. The molecule has 0 bridgehead atoms. The van der Waals surface area contributed by atoms with Crippen LogP contribution < -0.4 is 15.6 Å². The summed E-state index contributed by atoms with van der Waals surface area (Å²) in [7, 11) is 0. The first-order chi connectivity index (χ1) is 13.7. The summed E-state index contributed by atoms with van der Waals surface area (Å²) in [4.78, 5) is 13.1. The highest BCUT2D eigenvalue weighted by Crippen LogP contribution is 2.29. The van der Waals surface area contributed by atoms with Crippen LogP contribution in [-0.2, 0) is 12.8 Å². The summed E-state index contributed by atoms with van der Waals surface area (Å²) in [6.07, 6.45) is 7.76. The summed E-state index contributed by atoms with van der Waals surface area (Å²) in [5.41, 5.74) is 3.99. The normalized spacial score (nSPS) is 13.4. The van der Waals surface area contributed by atoms with E-state index in [4.69, 9.17) is 10.6 Å². The Morgan fingerprint density at radius 2 is 1.96 bits per heavy atom. The third-order valence-electron chi connectivity index (χ3n) is 4.84. The molecule has 1 saturated carbocycles. The Labute approximate surface area is 165 Å². The fourth-order valence-corrected chi connectivity index (χ4v) is 2.99. The molecule has 0 aliphatic heterocycles. The van der Waals surface area contributed by atoms with Gasteiger partial charge in [-0.2, -0.15) is 0 Å². The van der Waals surface area contributed by atoms with E-state index in [1.54, 1.807) is 11.3 Å². The van der Waals surface area contributed by atoms with Gasteiger partial charge in [-0.05, 0) is 49.4 Å². The molecule has 0 atom stereocenters. The first-order valence-corrected chi connectivity index (χ1v) is 9.77. The van der Waals surface area contributed by atoms with Gasteiger partial charge in [-0.25, -0.2) is 15.8 Å². The second-order valence-corrected chi connectivity index (χ2v) is 7.02. The molecule has 6 heteroatoms. The number of aromatic nitrogens is 3. The molecule has 3 aromatic rings. The molecule has 2 heterocycles. The van der Waals surface area contributed by atoms with Gasteiger partial charge in [0, 0.05) is 30.1 Å². The van der Waals surface area contributed by atoms with Gasteiger partial charge in [-0.3, -0.25) is 9.99 Å². The van der Waals surface area contributed by atoms with Crippen LogP contribution in [0.25, 0.3) is 11.3 Å². The molecule has 0 unspecified atom stereocenters.